The van der Waals surface area contributed by atoms with Gasteiger partial charge in [0.25, 0.3) is 0 Å². The Kier molecular flexibility index (Phi) is 3.08. The van der Waals surface area contributed by atoms with Crippen LogP contribution in [0.5, 0.6) is 0 Å². The summed E-state index contributed by atoms with van der Waals surface area (Å²) >= 11 is 6.10. The second kappa shape index (κ2) is 4.90. The molecule has 2 aromatic heterocycles. The highest BCUT2D eigenvalue weighted by Crippen LogP contribution is 2.30. The number of hydrogen-bond acceptors (Lipinski definition) is 5. The molecule has 0 amide bonds. The molecule has 0 unspecified atom stereocenters. The first kappa shape index (κ1) is 12.6. The molecule has 0 saturated heterocycles. The van der Waals surface area contributed by atoms with E-state index in [2.05, 4.69) is 20.3 Å². The van der Waals surface area contributed by atoms with Crippen molar-refractivity contribution < 1.29 is 4.39 Å². The Morgan fingerprint density at radius 3 is 2.90 bits per heavy atom. The average molecular weight is 290 g/mol. The third-order valence-electron chi connectivity index (χ3n) is 2.73. The minimum Gasteiger partial charge on any atom is -0.368 e. The van der Waals surface area contributed by atoms with Crippen LogP contribution in [0, 0.1) is 5.82 Å². The molecular formula is C13H9ClFN5. The first-order chi connectivity index (χ1) is 9.65. The van der Waals surface area contributed by atoms with Gasteiger partial charge in [-0.05, 0) is 24.3 Å². The van der Waals surface area contributed by atoms with Crippen LogP contribution >= 0.6 is 11.6 Å². The zero-order chi connectivity index (χ0) is 14.1. The van der Waals surface area contributed by atoms with E-state index < -0.39 is 5.82 Å². The molecule has 0 bridgehead atoms. The van der Waals surface area contributed by atoms with Crippen molar-refractivity contribution in [3.05, 3.63) is 47.5 Å². The molecule has 3 rings (SSSR count). The number of fused-ring (bicyclic) bond motifs is 1. The number of halogens is 2. The molecule has 0 aliphatic carbocycles. The highest BCUT2D eigenvalue weighted by atomic mass is 35.5. The van der Waals surface area contributed by atoms with Crippen molar-refractivity contribution >= 4 is 40.0 Å². The van der Waals surface area contributed by atoms with Gasteiger partial charge in [0.05, 0.1) is 22.4 Å². The largest absolute Gasteiger partial charge is 0.368 e. The van der Waals surface area contributed by atoms with Crippen LogP contribution in [0.2, 0.25) is 5.02 Å². The van der Waals surface area contributed by atoms with Gasteiger partial charge in [-0.3, -0.25) is 4.98 Å². The molecule has 2 heterocycles. The third-order valence-corrected chi connectivity index (χ3v) is 3.06. The summed E-state index contributed by atoms with van der Waals surface area (Å²) in [5.41, 5.74) is 6.66. The SMILES string of the molecule is Nc1ncc(F)c(Nc2ccc(Cl)c3cccnc23)n1. The lowest BCUT2D eigenvalue weighted by Gasteiger charge is -2.10. The monoisotopic (exact) mass is 289 g/mol. The maximum Gasteiger partial charge on any atom is 0.222 e. The van der Waals surface area contributed by atoms with Crippen LogP contribution in [0.25, 0.3) is 10.9 Å². The minimum atomic E-state index is -0.599. The van der Waals surface area contributed by atoms with Crippen LogP contribution in [0.1, 0.15) is 0 Å². The van der Waals surface area contributed by atoms with Crippen molar-refractivity contribution in [3.8, 4) is 0 Å². The van der Waals surface area contributed by atoms with Crippen molar-refractivity contribution in [1.82, 2.24) is 15.0 Å². The summed E-state index contributed by atoms with van der Waals surface area (Å²) < 4.78 is 13.6. The van der Waals surface area contributed by atoms with Gasteiger partial charge in [0.15, 0.2) is 11.6 Å². The van der Waals surface area contributed by atoms with E-state index in [1.54, 1.807) is 24.4 Å². The fourth-order valence-electron chi connectivity index (χ4n) is 1.83. The number of nitrogens with two attached hydrogens (primary N) is 1. The molecule has 0 spiro atoms. The molecule has 3 aromatic rings. The second-order valence-corrected chi connectivity index (χ2v) is 4.45. The Morgan fingerprint density at radius 1 is 1.20 bits per heavy atom. The fraction of sp³-hybridized carbons (Fsp3) is 0. The molecule has 0 fully saturated rings. The Balaban J connectivity index is 2.11. The quantitative estimate of drug-likeness (QED) is 0.758. The van der Waals surface area contributed by atoms with Crippen molar-refractivity contribution in [2.24, 2.45) is 0 Å². The van der Waals surface area contributed by atoms with E-state index in [1.807, 2.05) is 6.07 Å². The minimum absolute atomic E-state index is 0.00762. The zero-order valence-electron chi connectivity index (χ0n) is 10.1. The van der Waals surface area contributed by atoms with Gasteiger partial charge >= 0.3 is 0 Å². The van der Waals surface area contributed by atoms with E-state index in [1.165, 1.54) is 0 Å². The highest BCUT2D eigenvalue weighted by molar-refractivity contribution is 6.35. The van der Waals surface area contributed by atoms with Crippen molar-refractivity contribution in [3.63, 3.8) is 0 Å². The smallest absolute Gasteiger partial charge is 0.222 e. The molecule has 20 heavy (non-hydrogen) atoms. The molecule has 0 saturated carbocycles. The molecule has 1 aromatic carbocycles. The maximum absolute atomic E-state index is 13.6. The molecule has 100 valence electrons. The summed E-state index contributed by atoms with van der Waals surface area (Å²) in [5.74, 6) is -0.620. The number of pyridine rings is 1. The predicted octanol–water partition coefficient (Wildman–Crippen LogP) is 3.14. The van der Waals surface area contributed by atoms with Crippen LogP contribution < -0.4 is 11.1 Å². The molecule has 0 atom stereocenters. The van der Waals surface area contributed by atoms with Gasteiger partial charge in [0.1, 0.15) is 0 Å². The molecule has 0 aliphatic heterocycles. The van der Waals surface area contributed by atoms with Gasteiger partial charge < -0.3 is 11.1 Å². The predicted molar refractivity (Wildman–Crippen MR) is 76.4 cm³/mol. The normalized spacial score (nSPS) is 10.7. The summed E-state index contributed by atoms with van der Waals surface area (Å²) in [4.78, 5) is 11.6. The summed E-state index contributed by atoms with van der Waals surface area (Å²) in [6, 6.07) is 7.02. The van der Waals surface area contributed by atoms with E-state index in [9.17, 15) is 4.39 Å². The average Bonchev–Trinajstić information content (AvgIpc) is 2.46. The van der Waals surface area contributed by atoms with Crippen LogP contribution in [0.4, 0.5) is 21.8 Å². The van der Waals surface area contributed by atoms with E-state index in [0.29, 0.717) is 16.2 Å². The van der Waals surface area contributed by atoms with Crippen LogP contribution in [0.15, 0.2) is 36.7 Å². The lowest BCUT2D eigenvalue weighted by Crippen LogP contribution is -2.03. The Bertz CT molecular complexity index is 793. The first-order valence-electron chi connectivity index (χ1n) is 5.73. The Labute approximate surface area is 118 Å². The highest BCUT2D eigenvalue weighted by Gasteiger charge is 2.10. The molecule has 5 nitrogen and oxygen atoms in total. The fourth-order valence-corrected chi connectivity index (χ4v) is 2.05. The number of anilines is 3. The van der Waals surface area contributed by atoms with Gasteiger partial charge in [-0.1, -0.05) is 11.6 Å². The number of rotatable bonds is 2. The first-order valence-corrected chi connectivity index (χ1v) is 6.11. The standard InChI is InChI=1S/C13H9ClFN5/c14-8-3-4-10(11-7(8)2-1-5-17-11)19-12-9(15)6-18-13(16)20-12/h1-6H,(H3,16,18,19,20). The lowest BCUT2D eigenvalue weighted by atomic mass is 10.2. The van der Waals surface area contributed by atoms with Gasteiger partial charge in [0, 0.05) is 11.6 Å². The van der Waals surface area contributed by atoms with E-state index in [0.717, 1.165) is 11.6 Å². The summed E-state index contributed by atoms with van der Waals surface area (Å²) in [5, 5.41) is 4.19. The third kappa shape index (κ3) is 2.21. The van der Waals surface area contributed by atoms with Gasteiger partial charge in [0.2, 0.25) is 5.95 Å². The van der Waals surface area contributed by atoms with Crippen molar-refractivity contribution in [2.75, 3.05) is 11.1 Å². The van der Waals surface area contributed by atoms with Gasteiger partial charge in [-0.2, -0.15) is 4.98 Å². The number of nitrogen functional groups attached to an aromatic ring is 1. The molecule has 7 heteroatoms. The van der Waals surface area contributed by atoms with Crippen LogP contribution in [0.3, 0.4) is 0 Å². The number of hydrogen-bond donors (Lipinski definition) is 2. The second-order valence-electron chi connectivity index (χ2n) is 4.04. The van der Waals surface area contributed by atoms with Crippen LogP contribution in [-0.4, -0.2) is 15.0 Å². The lowest BCUT2D eigenvalue weighted by molar-refractivity contribution is 0.620. The Hall–Kier alpha value is -2.47. The van der Waals surface area contributed by atoms with Crippen molar-refractivity contribution in [1.29, 1.82) is 0 Å². The van der Waals surface area contributed by atoms with Crippen molar-refractivity contribution in [2.45, 2.75) is 0 Å². The topological polar surface area (TPSA) is 76.7 Å². The number of benzene rings is 1. The van der Waals surface area contributed by atoms with Gasteiger partial charge in [-0.15, -0.1) is 0 Å². The maximum atomic E-state index is 13.6. The van der Waals surface area contributed by atoms with Gasteiger partial charge in [-0.25, -0.2) is 9.37 Å². The van der Waals surface area contributed by atoms with E-state index >= 15 is 0 Å². The van der Waals surface area contributed by atoms with Crippen LogP contribution in [-0.2, 0) is 0 Å². The number of nitrogens with zero attached hydrogens (tertiary/aromatic N) is 3. The molecular weight excluding hydrogens is 281 g/mol. The Morgan fingerprint density at radius 2 is 2.05 bits per heavy atom. The molecule has 3 N–H and O–H groups in total. The number of nitrogens with one attached hydrogen (secondary N) is 1. The summed E-state index contributed by atoms with van der Waals surface area (Å²) in [6.07, 6.45) is 2.64. The molecule has 0 radical (unpaired) electrons. The summed E-state index contributed by atoms with van der Waals surface area (Å²) in [7, 11) is 0. The van der Waals surface area contributed by atoms with E-state index in [4.69, 9.17) is 17.3 Å². The van der Waals surface area contributed by atoms with E-state index in [-0.39, 0.29) is 11.8 Å². The molecule has 0 aliphatic rings. The number of aromatic nitrogens is 3. The summed E-state index contributed by atoms with van der Waals surface area (Å²) in [6.45, 7) is 0. The zero-order valence-corrected chi connectivity index (χ0v) is 10.9.